The van der Waals surface area contributed by atoms with Crippen molar-refractivity contribution >= 4 is 27.3 Å². The maximum Gasteiger partial charge on any atom is 0.114 e. The summed E-state index contributed by atoms with van der Waals surface area (Å²) in [6, 6.07) is 0. The van der Waals surface area contributed by atoms with E-state index in [9.17, 15) is 0 Å². The van der Waals surface area contributed by atoms with Crippen LogP contribution in [0.3, 0.4) is 0 Å². The summed E-state index contributed by atoms with van der Waals surface area (Å²) in [4.78, 5) is 4.39. The summed E-state index contributed by atoms with van der Waals surface area (Å²) in [6.07, 6.45) is 6.55. The molecule has 2 atom stereocenters. The van der Waals surface area contributed by atoms with Gasteiger partial charge in [-0.1, -0.05) is 19.8 Å². The summed E-state index contributed by atoms with van der Waals surface area (Å²) >= 11 is 5.11. The molecule has 1 saturated carbocycles. The molecule has 14 heavy (non-hydrogen) atoms. The predicted molar refractivity (Wildman–Crippen MR) is 63.3 cm³/mol. The molecule has 1 aromatic heterocycles. The molecule has 0 bridgehead atoms. The Kier molecular flexibility index (Phi) is 2.96. The Morgan fingerprint density at radius 1 is 1.71 bits per heavy atom. The summed E-state index contributed by atoms with van der Waals surface area (Å²) in [5, 5.41) is 1.09. The van der Waals surface area contributed by atoms with Crippen molar-refractivity contribution in [3.05, 3.63) is 15.0 Å². The monoisotopic (exact) mass is 274 g/mol. The lowest BCUT2D eigenvalue weighted by Gasteiger charge is -2.34. The third-order valence-electron chi connectivity index (χ3n) is 2.94. The van der Waals surface area contributed by atoms with E-state index in [0.29, 0.717) is 0 Å². The van der Waals surface area contributed by atoms with Crippen molar-refractivity contribution in [2.24, 2.45) is 11.7 Å². The quantitative estimate of drug-likeness (QED) is 0.854. The summed E-state index contributed by atoms with van der Waals surface area (Å²) in [7, 11) is 0. The first kappa shape index (κ1) is 10.6. The van der Waals surface area contributed by atoms with Gasteiger partial charge >= 0.3 is 0 Å². The minimum absolute atomic E-state index is 0.158. The van der Waals surface area contributed by atoms with Gasteiger partial charge in [-0.15, -0.1) is 11.3 Å². The first-order valence-corrected chi connectivity index (χ1v) is 6.62. The van der Waals surface area contributed by atoms with Gasteiger partial charge in [0.25, 0.3) is 0 Å². The van der Waals surface area contributed by atoms with Crippen LogP contribution in [0.4, 0.5) is 0 Å². The molecular formula is C10H15BrN2S. The molecular weight excluding hydrogens is 260 g/mol. The zero-order valence-corrected chi connectivity index (χ0v) is 10.7. The van der Waals surface area contributed by atoms with Gasteiger partial charge in [0.1, 0.15) is 5.01 Å². The molecule has 0 aliphatic heterocycles. The van der Waals surface area contributed by atoms with Crippen LogP contribution in [0.1, 0.15) is 37.6 Å². The van der Waals surface area contributed by atoms with Gasteiger partial charge in [0.05, 0.1) is 15.5 Å². The SMILES string of the molecule is CC1CCCC(N)(c2ncc(Br)s2)C1. The standard InChI is InChI=1S/C10H15BrN2S/c1-7-3-2-4-10(12,5-7)9-13-6-8(11)14-9/h6-7H,2-5,12H2,1H3. The van der Waals surface area contributed by atoms with Crippen molar-refractivity contribution in [3.63, 3.8) is 0 Å². The fourth-order valence-corrected chi connectivity index (χ4v) is 3.62. The van der Waals surface area contributed by atoms with Crippen LogP contribution in [-0.4, -0.2) is 4.98 Å². The van der Waals surface area contributed by atoms with E-state index >= 15 is 0 Å². The van der Waals surface area contributed by atoms with Crippen LogP contribution in [0.25, 0.3) is 0 Å². The minimum atomic E-state index is -0.158. The Balaban J connectivity index is 2.22. The van der Waals surface area contributed by atoms with E-state index < -0.39 is 0 Å². The normalized spacial score (nSPS) is 33.2. The lowest BCUT2D eigenvalue weighted by atomic mass is 9.77. The van der Waals surface area contributed by atoms with Crippen molar-refractivity contribution in [2.45, 2.75) is 38.1 Å². The fraction of sp³-hybridized carbons (Fsp3) is 0.700. The second-order valence-electron chi connectivity index (χ2n) is 4.33. The van der Waals surface area contributed by atoms with E-state index in [1.165, 1.54) is 12.8 Å². The molecule has 1 aromatic rings. The number of nitrogens with two attached hydrogens (primary N) is 1. The first-order chi connectivity index (χ1) is 6.60. The minimum Gasteiger partial charge on any atom is -0.319 e. The van der Waals surface area contributed by atoms with E-state index in [-0.39, 0.29) is 5.54 Å². The summed E-state index contributed by atoms with van der Waals surface area (Å²) < 4.78 is 1.08. The molecule has 0 saturated heterocycles. The highest BCUT2D eigenvalue weighted by molar-refractivity contribution is 9.11. The molecule has 1 fully saturated rings. The molecule has 1 heterocycles. The lowest BCUT2D eigenvalue weighted by molar-refractivity contribution is 0.238. The van der Waals surface area contributed by atoms with Crippen LogP contribution in [0.15, 0.2) is 9.98 Å². The number of hydrogen-bond donors (Lipinski definition) is 1. The summed E-state index contributed by atoms with van der Waals surface area (Å²) in [5.74, 6) is 0.733. The lowest BCUT2D eigenvalue weighted by Crippen LogP contribution is -2.40. The van der Waals surface area contributed by atoms with Gasteiger partial charge in [-0.3, -0.25) is 0 Å². The van der Waals surface area contributed by atoms with Gasteiger partial charge in [-0.25, -0.2) is 4.98 Å². The Morgan fingerprint density at radius 2 is 2.50 bits per heavy atom. The zero-order valence-electron chi connectivity index (χ0n) is 8.29. The molecule has 0 spiro atoms. The molecule has 0 radical (unpaired) electrons. The second kappa shape index (κ2) is 3.91. The average Bonchev–Trinajstić information content (AvgIpc) is 2.52. The molecule has 4 heteroatoms. The smallest absolute Gasteiger partial charge is 0.114 e. The van der Waals surface area contributed by atoms with Crippen LogP contribution < -0.4 is 5.73 Å². The van der Waals surface area contributed by atoms with Crippen molar-refractivity contribution in [1.29, 1.82) is 0 Å². The van der Waals surface area contributed by atoms with E-state index in [4.69, 9.17) is 5.73 Å². The molecule has 1 aliphatic carbocycles. The van der Waals surface area contributed by atoms with E-state index in [1.54, 1.807) is 11.3 Å². The van der Waals surface area contributed by atoms with Crippen LogP contribution >= 0.6 is 27.3 Å². The van der Waals surface area contributed by atoms with Crippen LogP contribution in [0, 0.1) is 5.92 Å². The van der Waals surface area contributed by atoms with Crippen molar-refractivity contribution in [2.75, 3.05) is 0 Å². The Hall–Kier alpha value is 0.0700. The number of thiazole rings is 1. The van der Waals surface area contributed by atoms with Crippen LogP contribution in [0.5, 0.6) is 0 Å². The third kappa shape index (κ3) is 2.02. The third-order valence-corrected chi connectivity index (χ3v) is 4.63. The summed E-state index contributed by atoms with van der Waals surface area (Å²) in [6.45, 7) is 2.28. The van der Waals surface area contributed by atoms with Crippen LogP contribution in [0.2, 0.25) is 0 Å². The van der Waals surface area contributed by atoms with Crippen LogP contribution in [-0.2, 0) is 5.54 Å². The van der Waals surface area contributed by atoms with Crippen molar-refractivity contribution in [1.82, 2.24) is 4.98 Å². The molecule has 0 amide bonds. The Bertz CT molecular complexity index is 326. The number of nitrogens with zero attached hydrogens (tertiary/aromatic N) is 1. The number of hydrogen-bond acceptors (Lipinski definition) is 3. The van der Waals surface area contributed by atoms with Gasteiger partial charge in [0.15, 0.2) is 0 Å². The van der Waals surface area contributed by atoms with Gasteiger partial charge in [0.2, 0.25) is 0 Å². The zero-order chi connectivity index (χ0) is 10.2. The Morgan fingerprint density at radius 3 is 3.07 bits per heavy atom. The maximum absolute atomic E-state index is 6.41. The van der Waals surface area contributed by atoms with E-state index in [1.807, 2.05) is 6.20 Å². The molecule has 1 aliphatic rings. The van der Waals surface area contributed by atoms with Crippen molar-refractivity contribution < 1.29 is 0 Å². The molecule has 2 rings (SSSR count). The molecule has 78 valence electrons. The van der Waals surface area contributed by atoms with E-state index in [2.05, 4.69) is 27.8 Å². The maximum atomic E-state index is 6.41. The highest BCUT2D eigenvalue weighted by atomic mass is 79.9. The van der Waals surface area contributed by atoms with Gasteiger partial charge in [0, 0.05) is 0 Å². The highest BCUT2D eigenvalue weighted by Crippen LogP contribution is 2.39. The van der Waals surface area contributed by atoms with Gasteiger partial charge < -0.3 is 5.73 Å². The second-order valence-corrected chi connectivity index (χ2v) is 6.74. The topological polar surface area (TPSA) is 38.9 Å². The molecule has 0 aromatic carbocycles. The molecule has 2 nitrogen and oxygen atoms in total. The fourth-order valence-electron chi connectivity index (χ4n) is 2.27. The molecule has 2 N–H and O–H groups in total. The predicted octanol–water partition coefficient (Wildman–Crippen LogP) is 3.27. The van der Waals surface area contributed by atoms with Gasteiger partial charge in [-0.05, 0) is 34.7 Å². The van der Waals surface area contributed by atoms with Gasteiger partial charge in [-0.2, -0.15) is 0 Å². The van der Waals surface area contributed by atoms with E-state index in [0.717, 1.165) is 27.6 Å². The number of aromatic nitrogens is 1. The average molecular weight is 275 g/mol. The first-order valence-electron chi connectivity index (χ1n) is 5.01. The number of halogens is 1. The molecule has 2 unspecified atom stereocenters. The summed E-state index contributed by atoms with van der Waals surface area (Å²) in [5.41, 5.74) is 6.25. The Labute approximate surface area is 97.0 Å². The highest BCUT2D eigenvalue weighted by Gasteiger charge is 2.35. The number of rotatable bonds is 1. The largest absolute Gasteiger partial charge is 0.319 e. The van der Waals surface area contributed by atoms with Crippen molar-refractivity contribution in [3.8, 4) is 0 Å².